The van der Waals surface area contributed by atoms with Gasteiger partial charge in [0.2, 0.25) is 15.9 Å². The number of amides is 2. The Balaban J connectivity index is 1.39. The van der Waals surface area contributed by atoms with E-state index >= 15 is 0 Å². The van der Waals surface area contributed by atoms with Gasteiger partial charge in [-0.25, -0.2) is 8.42 Å². The van der Waals surface area contributed by atoms with Crippen LogP contribution >= 0.6 is 0 Å². The molecule has 2 amide bonds. The summed E-state index contributed by atoms with van der Waals surface area (Å²) >= 11 is 0. The molecule has 2 aromatic rings. The van der Waals surface area contributed by atoms with Crippen LogP contribution in [0.25, 0.3) is 0 Å². The number of rotatable bonds is 6. The Kier molecular flexibility index (Phi) is 5.87. The number of nitrogens with one attached hydrogen (secondary N) is 1. The molecule has 0 radical (unpaired) electrons. The molecule has 2 aliphatic heterocycles. The highest BCUT2D eigenvalue weighted by Crippen LogP contribution is 2.23. The topological polar surface area (TPSA) is 86.8 Å². The van der Waals surface area contributed by atoms with E-state index in [2.05, 4.69) is 5.32 Å². The fourth-order valence-corrected chi connectivity index (χ4v) is 5.39. The molecule has 1 N–H and O–H groups in total. The quantitative estimate of drug-likeness (QED) is 0.768. The highest BCUT2D eigenvalue weighted by molar-refractivity contribution is 7.89. The zero-order valence-corrected chi connectivity index (χ0v) is 17.5. The molecule has 0 atom stereocenters. The van der Waals surface area contributed by atoms with E-state index in [-0.39, 0.29) is 23.3 Å². The van der Waals surface area contributed by atoms with Crippen LogP contribution < -0.4 is 10.2 Å². The third-order valence-electron chi connectivity index (χ3n) is 5.57. The predicted molar refractivity (Wildman–Crippen MR) is 114 cm³/mol. The molecule has 2 heterocycles. The van der Waals surface area contributed by atoms with Crippen LogP contribution in [0, 0.1) is 0 Å². The highest BCUT2D eigenvalue weighted by Gasteiger charge is 2.27. The Morgan fingerprint density at radius 2 is 1.70 bits per heavy atom. The lowest BCUT2D eigenvalue weighted by Gasteiger charge is -2.16. The van der Waals surface area contributed by atoms with Gasteiger partial charge in [-0.2, -0.15) is 4.31 Å². The molecule has 0 unspecified atom stereocenters. The Bertz CT molecular complexity index is 1040. The molecular formula is C22H25N3O4S. The lowest BCUT2D eigenvalue weighted by Crippen LogP contribution is -2.28. The van der Waals surface area contributed by atoms with Crippen molar-refractivity contribution in [2.75, 3.05) is 24.5 Å². The summed E-state index contributed by atoms with van der Waals surface area (Å²) in [6.07, 6.45) is 3.17. The van der Waals surface area contributed by atoms with Gasteiger partial charge in [0.05, 0.1) is 4.90 Å². The summed E-state index contributed by atoms with van der Waals surface area (Å²) in [5, 5.41) is 2.86. The molecule has 0 aromatic heterocycles. The van der Waals surface area contributed by atoms with Gasteiger partial charge in [0, 0.05) is 43.9 Å². The van der Waals surface area contributed by atoms with Crippen molar-refractivity contribution in [3.8, 4) is 0 Å². The van der Waals surface area contributed by atoms with E-state index in [4.69, 9.17) is 0 Å². The second-order valence-corrected chi connectivity index (χ2v) is 9.58. The predicted octanol–water partition coefficient (Wildman–Crippen LogP) is 2.53. The largest absolute Gasteiger partial charge is 0.348 e. The molecule has 4 rings (SSSR count). The number of hydrogen-bond acceptors (Lipinski definition) is 4. The molecular weight excluding hydrogens is 402 g/mol. The summed E-state index contributed by atoms with van der Waals surface area (Å²) in [7, 11) is -3.43. The second kappa shape index (κ2) is 8.57. The maximum absolute atomic E-state index is 12.6. The third-order valence-corrected chi connectivity index (χ3v) is 7.49. The van der Waals surface area contributed by atoms with Gasteiger partial charge >= 0.3 is 0 Å². The SMILES string of the molecule is O=C(NCc1ccc(S(=O)(=O)N2CCCC2)cc1)c1cccc(N2CCCC2=O)c1. The van der Waals surface area contributed by atoms with Gasteiger partial charge in [-0.3, -0.25) is 9.59 Å². The van der Waals surface area contributed by atoms with Crippen LogP contribution in [-0.2, 0) is 21.4 Å². The van der Waals surface area contributed by atoms with Crippen molar-refractivity contribution in [1.82, 2.24) is 9.62 Å². The number of anilines is 1. The normalized spacial score (nSPS) is 17.5. The van der Waals surface area contributed by atoms with Crippen LogP contribution in [0.1, 0.15) is 41.6 Å². The van der Waals surface area contributed by atoms with Crippen molar-refractivity contribution >= 4 is 27.5 Å². The second-order valence-electron chi connectivity index (χ2n) is 7.64. The summed E-state index contributed by atoms with van der Waals surface area (Å²) in [4.78, 5) is 26.5. The molecule has 0 aliphatic carbocycles. The van der Waals surface area contributed by atoms with E-state index in [1.807, 2.05) is 6.07 Å². The van der Waals surface area contributed by atoms with Crippen LogP contribution in [0.15, 0.2) is 53.4 Å². The van der Waals surface area contributed by atoms with Crippen molar-refractivity contribution in [3.05, 3.63) is 59.7 Å². The van der Waals surface area contributed by atoms with Crippen LogP contribution in [0.3, 0.4) is 0 Å². The zero-order chi connectivity index (χ0) is 21.1. The molecule has 0 saturated carbocycles. The van der Waals surface area contributed by atoms with E-state index in [1.165, 1.54) is 4.31 Å². The first-order valence-electron chi connectivity index (χ1n) is 10.2. The fourth-order valence-electron chi connectivity index (χ4n) is 3.88. The molecule has 158 valence electrons. The van der Waals surface area contributed by atoms with E-state index in [0.717, 1.165) is 30.5 Å². The maximum atomic E-state index is 12.6. The average molecular weight is 428 g/mol. The molecule has 2 fully saturated rings. The Hall–Kier alpha value is -2.71. The van der Waals surface area contributed by atoms with Gasteiger partial charge in [-0.05, 0) is 55.2 Å². The van der Waals surface area contributed by atoms with Gasteiger partial charge in [0.25, 0.3) is 5.91 Å². The lowest BCUT2D eigenvalue weighted by atomic mass is 10.1. The van der Waals surface area contributed by atoms with Gasteiger partial charge in [0.15, 0.2) is 0 Å². The standard InChI is InChI=1S/C22H25N3O4S/c26-21-7-4-14-25(21)19-6-3-5-18(15-19)22(27)23-16-17-8-10-20(11-9-17)30(28,29)24-12-1-2-13-24/h3,5-6,8-11,15H,1-2,4,7,12-14,16H2,(H,23,27). The monoisotopic (exact) mass is 427 g/mol. The number of nitrogens with zero attached hydrogens (tertiary/aromatic N) is 2. The number of benzene rings is 2. The van der Waals surface area contributed by atoms with Gasteiger partial charge in [-0.1, -0.05) is 18.2 Å². The Morgan fingerprint density at radius 3 is 2.37 bits per heavy atom. The van der Waals surface area contributed by atoms with Gasteiger partial charge in [-0.15, -0.1) is 0 Å². The van der Waals surface area contributed by atoms with Crippen molar-refractivity contribution in [2.45, 2.75) is 37.1 Å². The maximum Gasteiger partial charge on any atom is 0.251 e. The Morgan fingerprint density at radius 1 is 0.967 bits per heavy atom. The highest BCUT2D eigenvalue weighted by atomic mass is 32.2. The minimum atomic E-state index is -3.43. The van der Waals surface area contributed by atoms with Crippen molar-refractivity contribution in [2.24, 2.45) is 0 Å². The summed E-state index contributed by atoms with van der Waals surface area (Å²) < 4.78 is 26.7. The van der Waals surface area contributed by atoms with Gasteiger partial charge < -0.3 is 10.2 Å². The summed E-state index contributed by atoms with van der Waals surface area (Å²) in [6, 6.07) is 13.7. The Labute approximate surface area is 176 Å². The fraction of sp³-hybridized carbons (Fsp3) is 0.364. The summed E-state index contributed by atoms with van der Waals surface area (Å²) in [5.74, 6) is -0.159. The van der Waals surface area contributed by atoms with Crippen molar-refractivity contribution in [3.63, 3.8) is 0 Å². The first kappa shape index (κ1) is 20.6. The van der Waals surface area contributed by atoms with E-state index in [9.17, 15) is 18.0 Å². The number of carbonyl (C=O) groups excluding carboxylic acids is 2. The molecule has 2 saturated heterocycles. The van der Waals surface area contributed by atoms with Crippen molar-refractivity contribution < 1.29 is 18.0 Å². The smallest absolute Gasteiger partial charge is 0.251 e. The number of sulfonamides is 1. The molecule has 30 heavy (non-hydrogen) atoms. The van der Waals surface area contributed by atoms with Crippen LogP contribution in [0.4, 0.5) is 5.69 Å². The summed E-state index contributed by atoms with van der Waals surface area (Å²) in [6.45, 7) is 2.11. The van der Waals surface area contributed by atoms with Crippen LogP contribution in [0.2, 0.25) is 0 Å². The van der Waals surface area contributed by atoms with E-state index in [1.54, 1.807) is 47.4 Å². The minimum Gasteiger partial charge on any atom is -0.348 e. The molecule has 8 heteroatoms. The minimum absolute atomic E-state index is 0.0801. The molecule has 0 bridgehead atoms. The van der Waals surface area contributed by atoms with Gasteiger partial charge in [0.1, 0.15) is 0 Å². The van der Waals surface area contributed by atoms with Crippen LogP contribution in [-0.4, -0.2) is 44.2 Å². The zero-order valence-electron chi connectivity index (χ0n) is 16.7. The first-order valence-corrected chi connectivity index (χ1v) is 11.7. The first-order chi connectivity index (χ1) is 14.4. The summed E-state index contributed by atoms with van der Waals surface area (Å²) in [5.41, 5.74) is 2.04. The third kappa shape index (κ3) is 4.24. The van der Waals surface area contributed by atoms with E-state index < -0.39 is 10.0 Å². The molecule has 2 aromatic carbocycles. The van der Waals surface area contributed by atoms with Crippen molar-refractivity contribution in [1.29, 1.82) is 0 Å². The lowest BCUT2D eigenvalue weighted by molar-refractivity contribution is -0.117. The van der Waals surface area contributed by atoms with E-state index in [0.29, 0.717) is 31.6 Å². The molecule has 2 aliphatic rings. The molecule has 7 nitrogen and oxygen atoms in total. The average Bonchev–Trinajstić information content (AvgIpc) is 3.45. The number of carbonyl (C=O) groups is 2. The number of hydrogen-bond donors (Lipinski definition) is 1. The molecule has 0 spiro atoms. The van der Waals surface area contributed by atoms with Crippen LogP contribution in [0.5, 0.6) is 0 Å².